The van der Waals surface area contributed by atoms with E-state index < -0.39 is 0 Å². The number of unbranched alkanes of at least 4 members (excludes halogenated alkanes) is 1. The van der Waals surface area contributed by atoms with Crippen LogP contribution in [0.25, 0.3) is 0 Å². The molecule has 0 amide bonds. The van der Waals surface area contributed by atoms with Gasteiger partial charge in [0.2, 0.25) is 0 Å². The smallest absolute Gasteiger partial charge is 0.0959 e. The molecule has 0 aliphatic carbocycles. The van der Waals surface area contributed by atoms with E-state index in [1.165, 1.54) is 17.1 Å². The van der Waals surface area contributed by atoms with Crippen LogP contribution in [0.5, 0.6) is 0 Å². The molecule has 2 rings (SSSR count). The number of aliphatic hydroxyl groups is 1. The number of pyridine rings is 2. The Balaban J connectivity index is 0.000000311. The second kappa shape index (κ2) is 20.8. The van der Waals surface area contributed by atoms with Crippen molar-refractivity contribution in [2.45, 2.75) is 50.2 Å². The molecule has 2 aromatic heterocycles. The van der Waals surface area contributed by atoms with Gasteiger partial charge in [-0.3, -0.25) is 4.98 Å². The van der Waals surface area contributed by atoms with E-state index in [0.717, 1.165) is 56.1 Å². The number of rotatable bonds is 16. The molecule has 0 saturated heterocycles. The average molecular weight is 467 g/mol. The Labute approximate surface area is 196 Å². The van der Waals surface area contributed by atoms with Crippen LogP contribution in [-0.4, -0.2) is 65.4 Å². The Morgan fingerprint density at radius 2 is 1.84 bits per heavy atom. The van der Waals surface area contributed by atoms with Crippen LogP contribution in [0.2, 0.25) is 0 Å². The lowest BCUT2D eigenvalue weighted by Crippen LogP contribution is -2.13. The minimum Gasteiger partial charge on any atom is -0.391 e. The standard InChI is InChI=1S/C12H19NO2S.C12H19NOS/c1-15-10-11(14)6-3-5-9-16-12-7-2-4-8-13-12;1-2-14-9-3-10-15-11-6-12-4-7-13-8-5-12/h2,4,7-8,11,14H,3,5-6,9-10H2,1H3;4-5,7-8H,2-3,6,9-11H2,1H3. The molecule has 0 saturated carbocycles. The number of thioether (sulfide) groups is 2. The van der Waals surface area contributed by atoms with Crippen molar-refractivity contribution in [3.63, 3.8) is 0 Å². The maximum absolute atomic E-state index is 9.42. The molecule has 0 aliphatic rings. The van der Waals surface area contributed by atoms with Gasteiger partial charge in [0.25, 0.3) is 0 Å². The molecule has 0 spiro atoms. The summed E-state index contributed by atoms with van der Waals surface area (Å²) in [5, 5.41) is 10.5. The van der Waals surface area contributed by atoms with Gasteiger partial charge in [0.1, 0.15) is 0 Å². The summed E-state index contributed by atoms with van der Waals surface area (Å²) in [6.07, 6.45) is 10.5. The molecular weight excluding hydrogens is 428 g/mol. The summed E-state index contributed by atoms with van der Waals surface area (Å²) < 4.78 is 10.1. The summed E-state index contributed by atoms with van der Waals surface area (Å²) in [5.41, 5.74) is 1.38. The molecule has 31 heavy (non-hydrogen) atoms. The van der Waals surface area contributed by atoms with Crippen LogP contribution in [0, 0.1) is 0 Å². The summed E-state index contributed by atoms with van der Waals surface area (Å²) in [6.45, 7) is 4.21. The Hall–Kier alpha value is -1.12. The van der Waals surface area contributed by atoms with Crippen molar-refractivity contribution in [3.8, 4) is 0 Å². The number of methoxy groups -OCH3 is 1. The number of ether oxygens (including phenoxy) is 2. The van der Waals surface area contributed by atoms with Crippen LogP contribution < -0.4 is 0 Å². The van der Waals surface area contributed by atoms with Crippen LogP contribution in [0.3, 0.4) is 0 Å². The summed E-state index contributed by atoms with van der Waals surface area (Å²) >= 11 is 3.76. The fourth-order valence-corrected chi connectivity index (χ4v) is 4.39. The Morgan fingerprint density at radius 1 is 1.00 bits per heavy atom. The lowest BCUT2D eigenvalue weighted by atomic mass is 10.2. The summed E-state index contributed by atoms with van der Waals surface area (Å²) in [7, 11) is 1.61. The fourth-order valence-electron chi connectivity index (χ4n) is 2.62. The van der Waals surface area contributed by atoms with E-state index in [0.29, 0.717) is 6.61 Å². The number of aryl methyl sites for hydroxylation is 1. The summed E-state index contributed by atoms with van der Waals surface area (Å²) in [6, 6.07) is 10.1. The lowest BCUT2D eigenvalue weighted by molar-refractivity contribution is 0.0580. The number of hydrogen-bond donors (Lipinski definition) is 1. The second-order valence-electron chi connectivity index (χ2n) is 6.89. The topological polar surface area (TPSA) is 64.5 Å². The molecular formula is C24H38N2O3S2. The van der Waals surface area contributed by atoms with E-state index >= 15 is 0 Å². The Bertz CT molecular complexity index is 621. The third kappa shape index (κ3) is 17.2. The molecule has 1 N–H and O–H groups in total. The van der Waals surface area contributed by atoms with E-state index in [2.05, 4.69) is 22.1 Å². The van der Waals surface area contributed by atoms with Gasteiger partial charge in [-0.2, -0.15) is 11.8 Å². The van der Waals surface area contributed by atoms with Crippen molar-refractivity contribution in [2.75, 3.05) is 44.2 Å². The van der Waals surface area contributed by atoms with Crippen molar-refractivity contribution in [1.82, 2.24) is 9.97 Å². The van der Waals surface area contributed by atoms with Gasteiger partial charge in [-0.05, 0) is 86.1 Å². The number of aliphatic hydroxyl groups excluding tert-OH is 1. The number of hydrogen-bond acceptors (Lipinski definition) is 7. The summed E-state index contributed by atoms with van der Waals surface area (Å²) in [5.74, 6) is 3.44. The molecule has 7 heteroatoms. The van der Waals surface area contributed by atoms with Crippen LogP contribution in [0.4, 0.5) is 0 Å². The van der Waals surface area contributed by atoms with Crippen LogP contribution in [0.1, 0.15) is 38.2 Å². The van der Waals surface area contributed by atoms with E-state index in [4.69, 9.17) is 9.47 Å². The highest BCUT2D eigenvalue weighted by atomic mass is 32.2. The minimum atomic E-state index is -0.315. The van der Waals surface area contributed by atoms with E-state index in [9.17, 15) is 5.11 Å². The molecule has 174 valence electrons. The third-order valence-corrected chi connectivity index (χ3v) is 6.34. The normalized spacial score (nSPS) is 11.6. The predicted molar refractivity (Wildman–Crippen MR) is 133 cm³/mol. The zero-order valence-electron chi connectivity index (χ0n) is 18.9. The highest BCUT2D eigenvalue weighted by molar-refractivity contribution is 7.99. The number of aromatic nitrogens is 2. The average Bonchev–Trinajstić information content (AvgIpc) is 2.80. The molecule has 2 heterocycles. The largest absolute Gasteiger partial charge is 0.391 e. The van der Waals surface area contributed by atoms with Gasteiger partial charge in [-0.25, -0.2) is 4.98 Å². The molecule has 0 fully saturated rings. The molecule has 0 radical (unpaired) electrons. The first-order valence-electron chi connectivity index (χ1n) is 11.0. The van der Waals surface area contributed by atoms with Crippen molar-refractivity contribution in [2.24, 2.45) is 0 Å². The van der Waals surface area contributed by atoms with E-state index in [1.807, 2.05) is 55.5 Å². The highest BCUT2D eigenvalue weighted by Gasteiger charge is 2.02. The first-order chi connectivity index (χ1) is 15.3. The zero-order chi connectivity index (χ0) is 22.4. The molecule has 0 aliphatic heterocycles. The maximum atomic E-state index is 9.42. The molecule has 5 nitrogen and oxygen atoms in total. The lowest BCUT2D eigenvalue weighted by Gasteiger charge is -2.08. The van der Waals surface area contributed by atoms with Gasteiger partial charge in [0, 0.05) is 38.9 Å². The van der Waals surface area contributed by atoms with Crippen molar-refractivity contribution >= 4 is 23.5 Å². The molecule has 0 aromatic carbocycles. The Kier molecular flexibility index (Phi) is 18.7. The van der Waals surface area contributed by atoms with Gasteiger partial charge >= 0.3 is 0 Å². The maximum Gasteiger partial charge on any atom is 0.0959 e. The first-order valence-corrected chi connectivity index (χ1v) is 13.2. The second-order valence-corrected chi connectivity index (χ2v) is 9.23. The molecule has 1 unspecified atom stereocenters. The van der Waals surface area contributed by atoms with Crippen molar-refractivity contribution < 1.29 is 14.6 Å². The van der Waals surface area contributed by atoms with Crippen LogP contribution >= 0.6 is 23.5 Å². The van der Waals surface area contributed by atoms with Gasteiger partial charge in [-0.15, -0.1) is 11.8 Å². The summed E-state index contributed by atoms with van der Waals surface area (Å²) in [4.78, 5) is 8.23. The minimum absolute atomic E-state index is 0.315. The Morgan fingerprint density at radius 3 is 2.55 bits per heavy atom. The van der Waals surface area contributed by atoms with Crippen LogP contribution in [-0.2, 0) is 15.9 Å². The van der Waals surface area contributed by atoms with Gasteiger partial charge in [0.15, 0.2) is 0 Å². The predicted octanol–water partition coefficient (Wildman–Crippen LogP) is 5.14. The molecule has 1 atom stereocenters. The third-order valence-electron chi connectivity index (χ3n) is 4.24. The number of nitrogens with zero attached hydrogens (tertiary/aromatic N) is 2. The zero-order valence-corrected chi connectivity index (χ0v) is 20.6. The fraction of sp³-hybridized carbons (Fsp3) is 0.583. The quantitative estimate of drug-likeness (QED) is 0.272. The van der Waals surface area contributed by atoms with Crippen molar-refractivity contribution in [1.29, 1.82) is 0 Å². The van der Waals surface area contributed by atoms with Crippen LogP contribution in [0.15, 0.2) is 53.9 Å². The molecule has 2 aromatic rings. The van der Waals surface area contributed by atoms with E-state index in [-0.39, 0.29) is 6.10 Å². The van der Waals surface area contributed by atoms with Gasteiger partial charge < -0.3 is 14.6 Å². The SMILES string of the molecule is CCOCCCSCCc1ccncc1.COCC(O)CCCCSc1ccccn1. The highest BCUT2D eigenvalue weighted by Crippen LogP contribution is 2.16. The van der Waals surface area contributed by atoms with Crippen molar-refractivity contribution in [3.05, 3.63) is 54.5 Å². The van der Waals surface area contributed by atoms with Gasteiger partial charge in [-0.1, -0.05) is 6.07 Å². The first kappa shape index (κ1) is 27.9. The monoisotopic (exact) mass is 466 g/mol. The van der Waals surface area contributed by atoms with E-state index in [1.54, 1.807) is 18.9 Å². The van der Waals surface area contributed by atoms with Gasteiger partial charge in [0.05, 0.1) is 17.7 Å². The molecule has 0 bridgehead atoms.